The van der Waals surface area contributed by atoms with E-state index in [2.05, 4.69) is 4.74 Å². The number of cyclic esters (lactones) is 2. The van der Waals surface area contributed by atoms with Crippen LogP contribution in [0.25, 0.3) is 0 Å². The van der Waals surface area contributed by atoms with Gasteiger partial charge in [-0.1, -0.05) is 13.8 Å². The molecule has 0 aromatic rings. The van der Waals surface area contributed by atoms with E-state index in [9.17, 15) is 9.59 Å². The van der Waals surface area contributed by atoms with Crippen LogP contribution in [0.4, 0.5) is 0 Å². The van der Waals surface area contributed by atoms with Crippen molar-refractivity contribution in [2.24, 2.45) is 11.8 Å². The minimum atomic E-state index is -0.386. The maximum Gasteiger partial charge on any atom is 0.316 e. The first-order valence-electron chi connectivity index (χ1n) is 3.37. The lowest BCUT2D eigenvalue weighted by Crippen LogP contribution is -2.31. The Morgan fingerprint density at radius 3 is 1.90 bits per heavy atom. The monoisotopic (exact) mass is 142 g/mol. The molecule has 10 heavy (non-hydrogen) atoms. The van der Waals surface area contributed by atoms with Crippen LogP contribution in [0.3, 0.4) is 0 Å². The number of rotatable bonds is 0. The molecule has 0 bridgehead atoms. The SMILES string of the molecule is C[C@@H]1C[C@H](C)C(=O)OC1=O. The largest absolute Gasteiger partial charge is 0.393 e. The topological polar surface area (TPSA) is 43.4 Å². The van der Waals surface area contributed by atoms with Gasteiger partial charge < -0.3 is 4.74 Å². The van der Waals surface area contributed by atoms with Crippen molar-refractivity contribution in [3.05, 3.63) is 0 Å². The third kappa shape index (κ3) is 1.17. The number of hydrogen-bond acceptors (Lipinski definition) is 3. The van der Waals surface area contributed by atoms with E-state index in [4.69, 9.17) is 0 Å². The predicted octanol–water partition coefficient (Wildman–Crippen LogP) is 0.732. The molecule has 0 amide bonds. The summed E-state index contributed by atoms with van der Waals surface area (Å²) in [5.41, 5.74) is 0. The van der Waals surface area contributed by atoms with E-state index < -0.39 is 0 Å². The van der Waals surface area contributed by atoms with E-state index in [1.165, 1.54) is 0 Å². The van der Waals surface area contributed by atoms with Gasteiger partial charge in [-0.2, -0.15) is 0 Å². The molecule has 1 saturated heterocycles. The maximum atomic E-state index is 10.7. The highest BCUT2D eigenvalue weighted by Crippen LogP contribution is 2.20. The molecule has 1 aliphatic heterocycles. The Balaban J connectivity index is 2.63. The number of esters is 2. The molecular formula is C7H10O3. The second kappa shape index (κ2) is 2.40. The highest BCUT2D eigenvalue weighted by atomic mass is 16.6. The van der Waals surface area contributed by atoms with E-state index in [0.717, 1.165) is 0 Å². The third-order valence-electron chi connectivity index (χ3n) is 1.71. The van der Waals surface area contributed by atoms with Gasteiger partial charge in [-0.15, -0.1) is 0 Å². The van der Waals surface area contributed by atoms with Crippen molar-refractivity contribution in [3.63, 3.8) is 0 Å². The zero-order valence-electron chi connectivity index (χ0n) is 6.09. The van der Waals surface area contributed by atoms with Crippen LogP contribution >= 0.6 is 0 Å². The van der Waals surface area contributed by atoms with E-state index in [1.807, 2.05) is 0 Å². The summed E-state index contributed by atoms with van der Waals surface area (Å²) >= 11 is 0. The molecule has 3 heteroatoms. The minimum Gasteiger partial charge on any atom is -0.393 e. The van der Waals surface area contributed by atoms with Crippen molar-refractivity contribution in [3.8, 4) is 0 Å². The van der Waals surface area contributed by atoms with E-state index in [1.54, 1.807) is 13.8 Å². The molecule has 3 nitrogen and oxygen atoms in total. The summed E-state index contributed by atoms with van der Waals surface area (Å²) in [5, 5.41) is 0. The van der Waals surface area contributed by atoms with E-state index >= 15 is 0 Å². The smallest absolute Gasteiger partial charge is 0.316 e. The molecule has 0 N–H and O–H groups in total. The Morgan fingerprint density at radius 1 is 1.20 bits per heavy atom. The van der Waals surface area contributed by atoms with Crippen LogP contribution in [0.2, 0.25) is 0 Å². The lowest BCUT2D eigenvalue weighted by Gasteiger charge is -2.20. The van der Waals surface area contributed by atoms with Crippen LogP contribution in [-0.2, 0) is 14.3 Å². The van der Waals surface area contributed by atoms with Crippen molar-refractivity contribution in [1.82, 2.24) is 0 Å². The van der Waals surface area contributed by atoms with Crippen LogP contribution in [-0.4, -0.2) is 11.9 Å². The second-order valence-electron chi connectivity index (χ2n) is 2.78. The van der Waals surface area contributed by atoms with Crippen LogP contribution in [0.15, 0.2) is 0 Å². The van der Waals surface area contributed by atoms with Crippen LogP contribution in [0, 0.1) is 11.8 Å². The number of ether oxygens (including phenoxy) is 1. The first-order valence-corrected chi connectivity index (χ1v) is 3.37. The summed E-state index contributed by atoms with van der Waals surface area (Å²) in [6.07, 6.45) is 0.623. The van der Waals surface area contributed by atoms with Crippen molar-refractivity contribution in [1.29, 1.82) is 0 Å². The van der Waals surface area contributed by atoms with Gasteiger partial charge in [0.25, 0.3) is 0 Å². The zero-order chi connectivity index (χ0) is 7.72. The van der Waals surface area contributed by atoms with Gasteiger partial charge in [0.1, 0.15) is 0 Å². The molecule has 1 rings (SSSR count). The molecule has 56 valence electrons. The van der Waals surface area contributed by atoms with Gasteiger partial charge in [0.05, 0.1) is 11.8 Å². The van der Waals surface area contributed by atoms with Crippen molar-refractivity contribution in [2.75, 3.05) is 0 Å². The Kier molecular flexibility index (Phi) is 1.74. The summed E-state index contributed by atoms with van der Waals surface area (Å²) in [7, 11) is 0. The second-order valence-corrected chi connectivity index (χ2v) is 2.78. The number of hydrogen-bond donors (Lipinski definition) is 0. The molecule has 0 aromatic heterocycles. The van der Waals surface area contributed by atoms with Gasteiger partial charge >= 0.3 is 11.9 Å². The lowest BCUT2D eigenvalue weighted by atomic mass is 9.95. The molecule has 0 aromatic carbocycles. The fraction of sp³-hybridized carbons (Fsp3) is 0.714. The summed E-state index contributed by atoms with van der Waals surface area (Å²) in [6.45, 7) is 3.54. The molecule has 0 saturated carbocycles. The van der Waals surface area contributed by atoms with Crippen molar-refractivity contribution < 1.29 is 14.3 Å². The summed E-state index contributed by atoms with van der Waals surface area (Å²) in [6, 6.07) is 0. The number of carbonyl (C=O) groups is 2. The number of carbonyl (C=O) groups excluding carboxylic acids is 2. The standard InChI is InChI=1S/C7H10O3/c1-4-3-5(2)7(9)10-6(4)8/h4-5H,3H2,1-2H3/t4-,5+. The van der Waals surface area contributed by atoms with Crippen LogP contribution < -0.4 is 0 Å². The Labute approximate surface area is 59.4 Å². The molecule has 1 fully saturated rings. The van der Waals surface area contributed by atoms with Crippen LogP contribution in [0.5, 0.6) is 0 Å². The molecular weight excluding hydrogens is 132 g/mol. The minimum absolute atomic E-state index is 0.118. The Bertz CT molecular complexity index is 156. The van der Waals surface area contributed by atoms with Gasteiger partial charge in [0, 0.05) is 0 Å². The Hall–Kier alpha value is -0.860. The first-order chi connectivity index (χ1) is 4.61. The molecule has 0 radical (unpaired) electrons. The molecule has 0 unspecified atom stereocenters. The van der Waals surface area contributed by atoms with Gasteiger partial charge in [-0.3, -0.25) is 9.59 Å². The summed E-state index contributed by atoms with van der Waals surface area (Å²) in [5.74, 6) is -1.01. The van der Waals surface area contributed by atoms with Gasteiger partial charge in [-0.25, -0.2) is 0 Å². The highest BCUT2D eigenvalue weighted by Gasteiger charge is 2.30. The van der Waals surface area contributed by atoms with Gasteiger partial charge in [0.2, 0.25) is 0 Å². The fourth-order valence-corrected chi connectivity index (χ4v) is 1.02. The zero-order valence-corrected chi connectivity index (χ0v) is 6.09. The highest BCUT2D eigenvalue weighted by molar-refractivity contribution is 5.90. The average molecular weight is 142 g/mol. The van der Waals surface area contributed by atoms with Crippen molar-refractivity contribution in [2.45, 2.75) is 20.3 Å². The quantitative estimate of drug-likeness (QED) is 0.370. The summed E-state index contributed by atoms with van der Waals surface area (Å²) in [4.78, 5) is 21.4. The molecule has 2 atom stereocenters. The molecule has 0 aliphatic carbocycles. The molecule has 1 aliphatic rings. The first kappa shape index (κ1) is 7.25. The lowest BCUT2D eigenvalue weighted by molar-refractivity contribution is -0.170. The normalized spacial score (nSPS) is 33.8. The van der Waals surface area contributed by atoms with E-state index in [0.29, 0.717) is 6.42 Å². The summed E-state index contributed by atoms with van der Waals surface area (Å²) < 4.78 is 4.43. The van der Waals surface area contributed by atoms with Gasteiger partial charge in [0.15, 0.2) is 0 Å². The van der Waals surface area contributed by atoms with Gasteiger partial charge in [-0.05, 0) is 6.42 Å². The van der Waals surface area contributed by atoms with E-state index in [-0.39, 0.29) is 23.8 Å². The maximum absolute atomic E-state index is 10.7. The fourth-order valence-electron chi connectivity index (χ4n) is 1.02. The molecule has 1 heterocycles. The third-order valence-corrected chi connectivity index (χ3v) is 1.71. The average Bonchev–Trinajstić information content (AvgIpc) is 1.84. The Morgan fingerprint density at radius 2 is 1.60 bits per heavy atom. The van der Waals surface area contributed by atoms with Crippen LogP contribution in [0.1, 0.15) is 20.3 Å². The predicted molar refractivity (Wildman–Crippen MR) is 34.0 cm³/mol. The molecule has 0 spiro atoms. The van der Waals surface area contributed by atoms with Crippen molar-refractivity contribution >= 4 is 11.9 Å².